The van der Waals surface area contributed by atoms with E-state index in [1.54, 1.807) is 36.5 Å². The van der Waals surface area contributed by atoms with Crippen molar-refractivity contribution in [3.63, 3.8) is 0 Å². The molecule has 0 aliphatic heterocycles. The number of halogens is 1. The van der Waals surface area contributed by atoms with Crippen LogP contribution >= 0.6 is 11.6 Å². The number of hydrogen-bond acceptors (Lipinski definition) is 3. The standard InChI is InChI=1S/C17H20ClN3O2/c1-13(14-6-8-19-9-7-14)20-17(22)21(2)10-11-23-16-5-3-4-15(18)12-16/h3-9,12-13H,10-11H2,1-2H3,(H,20,22). The maximum Gasteiger partial charge on any atom is 0.317 e. The van der Waals surface area contributed by atoms with Gasteiger partial charge in [0.2, 0.25) is 0 Å². The molecule has 23 heavy (non-hydrogen) atoms. The number of likely N-dealkylation sites (N-methyl/N-ethyl adjacent to an activating group) is 1. The Bertz CT molecular complexity index is 637. The molecule has 0 aliphatic carbocycles. The van der Waals surface area contributed by atoms with Crippen LogP contribution in [0.1, 0.15) is 18.5 Å². The van der Waals surface area contributed by atoms with E-state index in [0.717, 1.165) is 5.56 Å². The molecule has 122 valence electrons. The molecule has 0 aliphatic rings. The smallest absolute Gasteiger partial charge is 0.317 e. The molecule has 2 amide bonds. The molecular formula is C17H20ClN3O2. The van der Waals surface area contributed by atoms with E-state index >= 15 is 0 Å². The Morgan fingerprint density at radius 1 is 1.35 bits per heavy atom. The van der Waals surface area contributed by atoms with Gasteiger partial charge in [0.1, 0.15) is 12.4 Å². The summed E-state index contributed by atoms with van der Waals surface area (Å²) in [5, 5.41) is 3.56. The van der Waals surface area contributed by atoms with Crippen molar-refractivity contribution < 1.29 is 9.53 Å². The number of rotatable bonds is 6. The summed E-state index contributed by atoms with van der Waals surface area (Å²) >= 11 is 5.89. The molecule has 2 aromatic rings. The monoisotopic (exact) mass is 333 g/mol. The molecule has 1 heterocycles. The Hall–Kier alpha value is -2.27. The average Bonchev–Trinajstić information content (AvgIpc) is 2.55. The van der Waals surface area contributed by atoms with Gasteiger partial charge in [-0.15, -0.1) is 0 Å². The summed E-state index contributed by atoms with van der Waals surface area (Å²) in [4.78, 5) is 17.7. The van der Waals surface area contributed by atoms with E-state index < -0.39 is 0 Å². The first kappa shape index (κ1) is 17.1. The van der Waals surface area contributed by atoms with Crippen molar-refractivity contribution in [2.45, 2.75) is 13.0 Å². The number of ether oxygens (including phenoxy) is 1. The molecule has 1 unspecified atom stereocenters. The lowest BCUT2D eigenvalue weighted by atomic mass is 10.1. The zero-order chi connectivity index (χ0) is 16.7. The number of nitrogens with one attached hydrogen (secondary N) is 1. The van der Waals surface area contributed by atoms with E-state index in [1.807, 2.05) is 31.2 Å². The van der Waals surface area contributed by atoms with Gasteiger partial charge in [-0.3, -0.25) is 4.98 Å². The van der Waals surface area contributed by atoms with Gasteiger partial charge in [0.25, 0.3) is 0 Å². The van der Waals surface area contributed by atoms with E-state index in [4.69, 9.17) is 16.3 Å². The first-order valence-electron chi connectivity index (χ1n) is 7.36. The van der Waals surface area contributed by atoms with Crippen LogP contribution in [0.2, 0.25) is 5.02 Å². The van der Waals surface area contributed by atoms with Gasteiger partial charge in [0.05, 0.1) is 12.6 Å². The van der Waals surface area contributed by atoms with Crippen molar-refractivity contribution in [2.75, 3.05) is 20.2 Å². The van der Waals surface area contributed by atoms with Crippen LogP contribution < -0.4 is 10.1 Å². The summed E-state index contributed by atoms with van der Waals surface area (Å²) < 4.78 is 5.58. The van der Waals surface area contributed by atoms with Crippen LogP contribution in [0.25, 0.3) is 0 Å². The SMILES string of the molecule is CC(NC(=O)N(C)CCOc1cccc(Cl)c1)c1ccncc1. The Morgan fingerprint density at radius 2 is 2.09 bits per heavy atom. The number of pyridine rings is 1. The minimum absolute atomic E-state index is 0.0817. The molecule has 0 radical (unpaired) electrons. The Morgan fingerprint density at radius 3 is 2.78 bits per heavy atom. The normalized spacial score (nSPS) is 11.6. The molecule has 2 rings (SSSR count). The zero-order valence-electron chi connectivity index (χ0n) is 13.2. The first-order valence-corrected chi connectivity index (χ1v) is 7.74. The molecule has 5 nitrogen and oxygen atoms in total. The summed E-state index contributed by atoms with van der Waals surface area (Å²) in [6.07, 6.45) is 3.42. The lowest BCUT2D eigenvalue weighted by Gasteiger charge is -2.21. The lowest BCUT2D eigenvalue weighted by Crippen LogP contribution is -2.40. The fraction of sp³-hybridized carbons (Fsp3) is 0.294. The van der Waals surface area contributed by atoms with Crippen molar-refractivity contribution in [1.29, 1.82) is 0 Å². The van der Waals surface area contributed by atoms with E-state index in [9.17, 15) is 4.79 Å². The quantitative estimate of drug-likeness (QED) is 0.880. The first-order chi connectivity index (χ1) is 11.1. The van der Waals surface area contributed by atoms with Gasteiger partial charge >= 0.3 is 6.03 Å². The fourth-order valence-electron chi connectivity index (χ4n) is 1.99. The van der Waals surface area contributed by atoms with Crippen molar-refractivity contribution in [1.82, 2.24) is 15.2 Å². The maximum absolute atomic E-state index is 12.1. The number of aromatic nitrogens is 1. The highest BCUT2D eigenvalue weighted by molar-refractivity contribution is 6.30. The molecule has 0 fully saturated rings. The molecule has 1 atom stereocenters. The van der Waals surface area contributed by atoms with Crippen LogP contribution in [-0.2, 0) is 0 Å². The van der Waals surface area contributed by atoms with Crippen LogP contribution in [0.5, 0.6) is 5.75 Å². The van der Waals surface area contributed by atoms with Gasteiger partial charge in [0.15, 0.2) is 0 Å². The third-order valence-electron chi connectivity index (χ3n) is 3.38. The predicted molar refractivity (Wildman–Crippen MR) is 90.8 cm³/mol. The van der Waals surface area contributed by atoms with Crippen LogP contribution in [0.3, 0.4) is 0 Å². The second-order valence-electron chi connectivity index (χ2n) is 5.18. The molecule has 1 aromatic carbocycles. The minimum Gasteiger partial charge on any atom is -0.492 e. The van der Waals surface area contributed by atoms with E-state index in [0.29, 0.717) is 23.9 Å². The van der Waals surface area contributed by atoms with Gasteiger partial charge in [-0.25, -0.2) is 4.79 Å². The molecule has 0 spiro atoms. The highest BCUT2D eigenvalue weighted by Gasteiger charge is 2.13. The second-order valence-corrected chi connectivity index (χ2v) is 5.62. The van der Waals surface area contributed by atoms with E-state index in [-0.39, 0.29) is 12.1 Å². The fourth-order valence-corrected chi connectivity index (χ4v) is 2.17. The van der Waals surface area contributed by atoms with Crippen LogP contribution in [0, 0.1) is 0 Å². The number of amides is 2. The molecule has 0 saturated carbocycles. The third kappa shape index (κ3) is 5.45. The van der Waals surface area contributed by atoms with Crippen LogP contribution in [0.4, 0.5) is 4.79 Å². The van der Waals surface area contributed by atoms with Crippen molar-refractivity contribution in [3.8, 4) is 5.75 Å². The lowest BCUT2D eigenvalue weighted by molar-refractivity contribution is 0.192. The molecule has 6 heteroatoms. The Labute approximate surface area is 141 Å². The Balaban J connectivity index is 1.76. The van der Waals surface area contributed by atoms with Gasteiger partial charge in [-0.1, -0.05) is 17.7 Å². The number of urea groups is 1. The van der Waals surface area contributed by atoms with Crippen molar-refractivity contribution in [2.24, 2.45) is 0 Å². The second kappa shape index (κ2) is 8.39. The number of carbonyl (C=O) groups excluding carboxylic acids is 1. The van der Waals surface area contributed by atoms with Crippen LogP contribution in [-0.4, -0.2) is 36.1 Å². The molecule has 0 bridgehead atoms. The van der Waals surface area contributed by atoms with Crippen LogP contribution in [0.15, 0.2) is 48.8 Å². The summed E-state index contributed by atoms with van der Waals surface area (Å²) in [7, 11) is 1.73. The van der Waals surface area contributed by atoms with Crippen molar-refractivity contribution >= 4 is 17.6 Å². The van der Waals surface area contributed by atoms with Gasteiger partial charge in [-0.2, -0.15) is 0 Å². The molecule has 1 N–H and O–H groups in total. The number of hydrogen-bond donors (Lipinski definition) is 1. The summed E-state index contributed by atoms with van der Waals surface area (Å²) in [6.45, 7) is 2.80. The van der Waals surface area contributed by atoms with E-state index in [2.05, 4.69) is 10.3 Å². The topological polar surface area (TPSA) is 54.5 Å². The summed E-state index contributed by atoms with van der Waals surface area (Å²) in [5.41, 5.74) is 1.01. The van der Waals surface area contributed by atoms with Gasteiger partial charge in [-0.05, 0) is 42.8 Å². The predicted octanol–water partition coefficient (Wildman–Crippen LogP) is 3.52. The summed E-state index contributed by atoms with van der Waals surface area (Å²) in [5.74, 6) is 0.691. The zero-order valence-corrected chi connectivity index (χ0v) is 14.0. The Kier molecular flexibility index (Phi) is 6.23. The maximum atomic E-state index is 12.1. The molecule has 1 aromatic heterocycles. The third-order valence-corrected chi connectivity index (χ3v) is 3.62. The van der Waals surface area contributed by atoms with Gasteiger partial charge in [0, 0.05) is 24.5 Å². The average molecular weight is 334 g/mol. The van der Waals surface area contributed by atoms with Gasteiger partial charge < -0.3 is 15.0 Å². The molecular weight excluding hydrogens is 314 g/mol. The highest BCUT2D eigenvalue weighted by Crippen LogP contribution is 2.17. The number of benzene rings is 1. The van der Waals surface area contributed by atoms with Crippen molar-refractivity contribution in [3.05, 3.63) is 59.4 Å². The minimum atomic E-state index is -0.149. The molecule has 0 saturated heterocycles. The van der Waals surface area contributed by atoms with E-state index in [1.165, 1.54) is 0 Å². The largest absolute Gasteiger partial charge is 0.492 e. The summed E-state index contributed by atoms with van der Waals surface area (Å²) in [6, 6.07) is 10.7. The number of nitrogens with zero attached hydrogens (tertiary/aromatic N) is 2. The number of carbonyl (C=O) groups is 1. The highest BCUT2D eigenvalue weighted by atomic mass is 35.5.